The van der Waals surface area contributed by atoms with Gasteiger partial charge in [-0.3, -0.25) is 14.7 Å². The summed E-state index contributed by atoms with van der Waals surface area (Å²) in [7, 11) is 5.60. The van der Waals surface area contributed by atoms with Gasteiger partial charge in [0.1, 0.15) is 10.3 Å². The van der Waals surface area contributed by atoms with Crippen LogP contribution in [-0.4, -0.2) is 62.4 Å². The lowest BCUT2D eigenvalue weighted by molar-refractivity contribution is 0.0831. The molecule has 3 aromatic rings. The maximum absolute atomic E-state index is 12.7. The van der Waals surface area contributed by atoms with E-state index in [-0.39, 0.29) is 5.91 Å². The Kier molecular flexibility index (Phi) is 4.46. The SMILES string of the molecule is CN(C)C(=O)c1sc2nccnc2c1C1CCN(Cc2cncn2C)C1. The predicted octanol–water partition coefficient (Wildman–Crippen LogP) is 2.12. The van der Waals surface area contributed by atoms with E-state index in [2.05, 4.69) is 24.4 Å². The second-order valence-corrected chi connectivity index (χ2v) is 7.97. The predicted molar refractivity (Wildman–Crippen MR) is 101 cm³/mol. The van der Waals surface area contributed by atoms with Crippen molar-refractivity contribution in [1.29, 1.82) is 0 Å². The minimum atomic E-state index is 0.0369. The third kappa shape index (κ3) is 2.99. The van der Waals surface area contributed by atoms with E-state index >= 15 is 0 Å². The van der Waals surface area contributed by atoms with Crippen LogP contribution in [0.3, 0.4) is 0 Å². The number of thiophene rings is 1. The molecule has 1 amide bonds. The fourth-order valence-corrected chi connectivity index (χ4v) is 4.77. The van der Waals surface area contributed by atoms with Gasteiger partial charge in [0.25, 0.3) is 5.91 Å². The largest absolute Gasteiger partial charge is 0.344 e. The number of hydrogen-bond acceptors (Lipinski definition) is 6. The van der Waals surface area contributed by atoms with E-state index in [9.17, 15) is 4.79 Å². The molecular formula is C18H22N6OS. The topological polar surface area (TPSA) is 67.2 Å². The van der Waals surface area contributed by atoms with Gasteiger partial charge in [-0.25, -0.2) is 9.97 Å². The van der Waals surface area contributed by atoms with Gasteiger partial charge in [0.05, 0.1) is 16.9 Å². The van der Waals surface area contributed by atoms with Crippen LogP contribution in [0.15, 0.2) is 24.9 Å². The molecule has 0 radical (unpaired) electrons. The minimum absolute atomic E-state index is 0.0369. The molecular weight excluding hydrogens is 348 g/mol. The van der Waals surface area contributed by atoms with Crippen molar-refractivity contribution in [3.63, 3.8) is 0 Å². The van der Waals surface area contributed by atoms with Crippen LogP contribution in [0.25, 0.3) is 10.3 Å². The molecule has 26 heavy (non-hydrogen) atoms. The standard InChI is InChI=1S/C18H22N6OS/c1-22(2)18(25)16-14(15-17(26-16)21-6-5-20-15)12-4-7-24(9-12)10-13-8-19-11-23(13)3/h5-6,8,11-12H,4,7,9-10H2,1-3H3. The van der Waals surface area contributed by atoms with Crippen LogP contribution in [0.2, 0.25) is 0 Å². The summed E-state index contributed by atoms with van der Waals surface area (Å²) >= 11 is 1.46. The van der Waals surface area contributed by atoms with E-state index in [4.69, 9.17) is 0 Å². The van der Waals surface area contributed by atoms with Crippen LogP contribution in [0.5, 0.6) is 0 Å². The molecule has 0 aromatic carbocycles. The first-order chi connectivity index (χ1) is 12.5. The summed E-state index contributed by atoms with van der Waals surface area (Å²) in [6, 6.07) is 0. The molecule has 7 nitrogen and oxygen atoms in total. The molecule has 1 atom stereocenters. The number of carbonyl (C=O) groups excluding carboxylic acids is 1. The fourth-order valence-electron chi connectivity index (χ4n) is 3.56. The maximum atomic E-state index is 12.7. The quantitative estimate of drug-likeness (QED) is 0.704. The average molecular weight is 370 g/mol. The van der Waals surface area contributed by atoms with Crippen molar-refractivity contribution in [2.24, 2.45) is 7.05 Å². The number of hydrogen-bond donors (Lipinski definition) is 0. The lowest BCUT2D eigenvalue weighted by Crippen LogP contribution is -2.23. The van der Waals surface area contributed by atoms with Gasteiger partial charge < -0.3 is 9.47 Å². The molecule has 1 unspecified atom stereocenters. The first-order valence-electron chi connectivity index (χ1n) is 8.67. The highest BCUT2D eigenvalue weighted by atomic mass is 32.1. The van der Waals surface area contributed by atoms with Gasteiger partial charge in [-0.2, -0.15) is 0 Å². The molecule has 0 N–H and O–H groups in total. The number of imidazole rings is 1. The van der Waals surface area contributed by atoms with Gasteiger partial charge >= 0.3 is 0 Å². The molecule has 1 saturated heterocycles. The summed E-state index contributed by atoms with van der Waals surface area (Å²) in [4.78, 5) is 31.6. The molecule has 1 aliphatic heterocycles. The van der Waals surface area contributed by atoms with Gasteiger partial charge in [0.15, 0.2) is 0 Å². The zero-order valence-corrected chi connectivity index (χ0v) is 16.0. The number of amides is 1. The number of rotatable bonds is 4. The number of nitrogens with zero attached hydrogens (tertiary/aromatic N) is 6. The van der Waals surface area contributed by atoms with Gasteiger partial charge in [-0.1, -0.05) is 0 Å². The van der Waals surface area contributed by atoms with Crippen molar-refractivity contribution in [1.82, 2.24) is 29.3 Å². The lowest BCUT2D eigenvalue weighted by Gasteiger charge is -2.17. The lowest BCUT2D eigenvalue weighted by atomic mass is 9.97. The van der Waals surface area contributed by atoms with Gasteiger partial charge in [0, 0.05) is 64.3 Å². The average Bonchev–Trinajstić information content (AvgIpc) is 3.33. The molecule has 0 saturated carbocycles. The summed E-state index contributed by atoms with van der Waals surface area (Å²) in [5.74, 6) is 0.336. The van der Waals surface area contributed by atoms with E-state index in [1.807, 2.05) is 19.6 Å². The van der Waals surface area contributed by atoms with Gasteiger partial charge in [-0.15, -0.1) is 11.3 Å². The Morgan fingerprint density at radius 1 is 1.35 bits per heavy atom. The third-order valence-corrected chi connectivity index (χ3v) is 6.04. The third-order valence-electron chi connectivity index (χ3n) is 4.95. The van der Waals surface area contributed by atoms with Crippen molar-refractivity contribution in [2.75, 3.05) is 27.2 Å². The minimum Gasteiger partial charge on any atom is -0.344 e. The van der Waals surface area contributed by atoms with Crippen LogP contribution in [0.1, 0.15) is 33.3 Å². The van der Waals surface area contributed by atoms with Crippen molar-refractivity contribution < 1.29 is 4.79 Å². The van der Waals surface area contributed by atoms with Gasteiger partial charge in [0.2, 0.25) is 0 Å². The summed E-state index contributed by atoms with van der Waals surface area (Å²) in [5, 5.41) is 0. The smallest absolute Gasteiger partial charge is 0.263 e. The highest BCUT2D eigenvalue weighted by molar-refractivity contribution is 7.20. The molecule has 4 rings (SSSR count). The summed E-state index contributed by atoms with van der Waals surface area (Å²) in [6.07, 6.45) is 8.17. The van der Waals surface area contributed by atoms with E-state index in [1.165, 1.54) is 17.0 Å². The fraction of sp³-hybridized carbons (Fsp3) is 0.444. The van der Waals surface area contributed by atoms with Crippen LogP contribution in [-0.2, 0) is 13.6 Å². The molecule has 4 heterocycles. The first-order valence-corrected chi connectivity index (χ1v) is 9.49. The Hall–Kier alpha value is -2.32. The Balaban J connectivity index is 1.65. The molecule has 1 aliphatic rings. The van der Waals surface area contributed by atoms with Crippen molar-refractivity contribution in [3.8, 4) is 0 Å². The van der Waals surface area contributed by atoms with E-state index < -0.39 is 0 Å². The van der Waals surface area contributed by atoms with Gasteiger partial charge in [-0.05, 0) is 13.0 Å². The van der Waals surface area contributed by atoms with Crippen LogP contribution >= 0.6 is 11.3 Å². The molecule has 136 valence electrons. The van der Waals surface area contributed by atoms with Crippen molar-refractivity contribution >= 4 is 27.6 Å². The van der Waals surface area contributed by atoms with E-state index in [0.29, 0.717) is 5.92 Å². The zero-order valence-electron chi connectivity index (χ0n) is 15.2. The summed E-state index contributed by atoms with van der Waals surface area (Å²) in [5.41, 5.74) is 3.16. The number of aromatic nitrogens is 4. The monoisotopic (exact) mass is 370 g/mol. The molecule has 1 fully saturated rings. The first kappa shape index (κ1) is 17.1. The van der Waals surface area contributed by atoms with Crippen molar-refractivity contribution in [2.45, 2.75) is 18.9 Å². The molecule has 0 aliphatic carbocycles. The Bertz CT molecular complexity index is 946. The zero-order chi connectivity index (χ0) is 18.3. The highest BCUT2D eigenvalue weighted by Crippen LogP contribution is 2.39. The second-order valence-electron chi connectivity index (χ2n) is 6.97. The molecule has 3 aromatic heterocycles. The molecule has 0 spiro atoms. The number of carbonyl (C=O) groups is 1. The van der Waals surface area contributed by atoms with E-state index in [1.54, 1.807) is 31.4 Å². The Morgan fingerprint density at radius 3 is 2.88 bits per heavy atom. The van der Waals surface area contributed by atoms with Crippen LogP contribution in [0, 0.1) is 0 Å². The van der Waals surface area contributed by atoms with Crippen LogP contribution in [0.4, 0.5) is 0 Å². The normalized spacial score (nSPS) is 17.9. The number of aryl methyl sites for hydroxylation is 1. The Morgan fingerprint density at radius 2 is 2.15 bits per heavy atom. The molecule has 0 bridgehead atoms. The van der Waals surface area contributed by atoms with E-state index in [0.717, 1.165) is 46.8 Å². The number of fused-ring (bicyclic) bond motifs is 1. The summed E-state index contributed by atoms with van der Waals surface area (Å²) in [6.45, 7) is 2.79. The molecule has 8 heteroatoms. The number of likely N-dealkylation sites (tertiary alicyclic amines) is 1. The second kappa shape index (κ2) is 6.77. The highest BCUT2D eigenvalue weighted by Gasteiger charge is 2.32. The van der Waals surface area contributed by atoms with Crippen LogP contribution < -0.4 is 0 Å². The maximum Gasteiger partial charge on any atom is 0.263 e. The Labute approximate surface area is 156 Å². The summed E-state index contributed by atoms with van der Waals surface area (Å²) < 4.78 is 2.06. The van der Waals surface area contributed by atoms with Crippen molar-refractivity contribution in [3.05, 3.63) is 41.1 Å².